The van der Waals surface area contributed by atoms with E-state index in [-0.39, 0.29) is 37.8 Å². The number of sulfonamides is 1. The van der Waals surface area contributed by atoms with Gasteiger partial charge in [0.25, 0.3) is 21.8 Å². The molecule has 0 unspecified atom stereocenters. The Bertz CT molecular complexity index is 907. The molecule has 1 aliphatic heterocycles. The number of hydrogen-bond acceptors (Lipinski definition) is 4. The zero-order chi connectivity index (χ0) is 16.8. The van der Waals surface area contributed by atoms with E-state index in [1.54, 1.807) is 12.1 Å². The summed E-state index contributed by atoms with van der Waals surface area (Å²) in [5, 5.41) is 0.136. The Hall–Kier alpha value is -2.18. The van der Waals surface area contributed by atoms with E-state index in [4.69, 9.17) is 13.0 Å². The zero-order valence-electron chi connectivity index (χ0n) is 12.1. The number of fused-ring (bicyclic) bond motifs is 1. The molecule has 1 heterocycles. The molecule has 0 spiro atoms. The molecule has 0 radical (unpaired) electrons. The summed E-state index contributed by atoms with van der Waals surface area (Å²) in [6.45, 7) is -0.325. The molecule has 3 rings (SSSR count). The molecule has 0 aliphatic carbocycles. The first-order valence-electron chi connectivity index (χ1n) is 6.89. The van der Waals surface area contributed by atoms with Gasteiger partial charge < -0.3 is 0 Å². The molecule has 0 atom stereocenters. The van der Waals surface area contributed by atoms with Crippen LogP contribution in [0.1, 0.15) is 27.7 Å². The molecular formula is C15H10ClNO4S. The fourth-order valence-electron chi connectivity index (χ4n) is 2.25. The van der Waals surface area contributed by atoms with E-state index in [9.17, 15) is 18.0 Å². The first-order chi connectivity index (χ1) is 10.9. The molecule has 22 heavy (non-hydrogen) atoms. The van der Waals surface area contributed by atoms with E-state index >= 15 is 0 Å². The topological polar surface area (TPSA) is 71.5 Å². The molecule has 112 valence electrons. The molecule has 0 N–H and O–H groups in total. The predicted octanol–water partition coefficient (Wildman–Crippen LogP) is 2.63. The lowest BCUT2D eigenvalue weighted by Gasteiger charge is -2.16. The van der Waals surface area contributed by atoms with Gasteiger partial charge in [0.1, 0.15) is 0 Å². The van der Waals surface area contributed by atoms with Crippen LogP contribution in [0.15, 0.2) is 47.4 Å². The summed E-state index contributed by atoms with van der Waals surface area (Å²) in [7, 11) is -4.44. The van der Waals surface area contributed by atoms with Crippen LogP contribution in [0.5, 0.6) is 0 Å². The number of halogens is 1. The van der Waals surface area contributed by atoms with Crippen LogP contribution in [0.3, 0.4) is 0 Å². The van der Waals surface area contributed by atoms with Crippen molar-refractivity contribution in [1.82, 2.24) is 4.31 Å². The van der Waals surface area contributed by atoms with Gasteiger partial charge >= 0.3 is 0 Å². The van der Waals surface area contributed by atoms with Gasteiger partial charge in [0.05, 0.1) is 16.0 Å². The van der Waals surface area contributed by atoms with Crippen molar-refractivity contribution in [2.75, 3.05) is 0 Å². The van der Waals surface area contributed by atoms with Gasteiger partial charge in [0.2, 0.25) is 0 Å². The second kappa shape index (κ2) is 4.93. The highest BCUT2D eigenvalue weighted by atomic mass is 35.5. The molecular weight excluding hydrogens is 326 g/mol. The van der Waals surface area contributed by atoms with Gasteiger partial charge in [-0.15, -0.1) is 0 Å². The molecule has 2 amide bonds. The van der Waals surface area contributed by atoms with Gasteiger partial charge in [-0.1, -0.05) is 29.8 Å². The van der Waals surface area contributed by atoms with Crippen LogP contribution in [-0.2, 0) is 10.0 Å². The summed E-state index contributed by atoms with van der Waals surface area (Å²) in [6.07, 6.45) is 0. The Morgan fingerprint density at radius 3 is 2.18 bits per heavy atom. The Balaban J connectivity index is 2.18. The maximum Gasteiger partial charge on any atom is 0.275 e. The quantitative estimate of drug-likeness (QED) is 0.790. The fraction of sp³-hybridized carbons (Fsp3) is 0.0667. The van der Waals surface area contributed by atoms with Crippen molar-refractivity contribution in [2.24, 2.45) is 0 Å². The largest absolute Gasteiger partial charge is 0.275 e. The molecule has 2 aromatic rings. The van der Waals surface area contributed by atoms with Gasteiger partial charge in [-0.2, -0.15) is 4.31 Å². The average Bonchev–Trinajstić information content (AvgIpc) is 2.79. The van der Waals surface area contributed by atoms with E-state index in [2.05, 4.69) is 0 Å². The lowest BCUT2D eigenvalue weighted by molar-refractivity contribution is 0.0765. The third kappa shape index (κ3) is 2.03. The fourth-order valence-corrected chi connectivity index (χ4v) is 3.99. The van der Waals surface area contributed by atoms with Crippen molar-refractivity contribution in [3.05, 3.63) is 64.2 Å². The first-order valence-corrected chi connectivity index (χ1v) is 8.00. The molecule has 7 heteroatoms. The van der Waals surface area contributed by atoms with Gasteiger partial charge in [-0.05, 0) is 36.7 Å². The number of carbonyl (C=O) groups excluding carboxylic acids is 2. The summed E-state index contributed by atoms with van der Waals surface area (Å²) >= 11 is 5.83. The summed E-state index contributed by atoms with van der Waals surface area (Å²) in [5.74, 6) is -1.80. The molecule has 0 fully saturated rings. The van der Waals surface area contributed by atoms with E-state index in [0.29, 0.717) is 0 Å². The smallest absolute Gasteiger partial charge is 0.267 e. The highest BCUT2D eigenvalue weighted by Crippen LogP contribution is 2.30. The summed E-state index contributed by atoms with van der Waals surface area (Å²) in [6, 6.07) is 9.88. The number of rotatable bonds is 2. The highest BCUT2D eigenvalue weighted by molar-refractivity contribution is 7.90. The lowest BCUT2D eigenvalue weighted by Crippen LogP contribution is -2.36. The summed E-state index contributed by atoms with van der Waals surface area (Å²) in [5.41, 5.74) is 0.233. The van der Waals surface area contributed by atoms with Crippen molar-refractivity contribution in [2.45, 2.75) is 11.8 Å². The van der Waals surface area contributed by atoms with Crippen LogP contribution in [0.2, 0.25) is 5.02 Å². The van der Waals surface area contributed by atoms with E-state index < -0.39 is 21.8 Å². The number of carbonyl (C=O) groups is 2. The number of nitrogens with zero attached hydrogens (tertiary/aromatic N) is 1. The van der Waals surface area contributed by atoms with Crippen LogP contribution in [0.25, 0.3) is 0 Å². The average molecular weight is 338 g/mol. The SMILES string of the molecule is [3H]Cc1ccc(Cl)cc1S(=O)(=O)N1C(=O)c2ccccc2C1=O. The maximum atomic E-state index is 12.8. The van der Waals surface area contributed by atoms with Crippen LogP contribution in [0, 0.1) is 6.90 Å². The number of amides is 2. The van der Waals surface area contributed by atoms with Gasteiger partial charge in [0, 0.05) is 6.39 Å². The third-order valence-corrected chi connectivity index (χ3v) is 5.29. The Morgan fingerprint density at radius 1 is 1.05 bits per heavy atom. The van der Waals surface area contributed by atoms with E-state index in [1.165, 1.54) is 24.3 Å². The second-order valence-electron chi connectivity index (χ2n) is 4.68. The van der Waals surface area contributed by atoms with Gasteiger partial charge in [0.15, 0.2) is 0 Å². The monoisotopic (exact) mass is 337 g/mol. The third-order valence-electron chi connectivity index (χ3n) is 3.30. The highest BCUT2D eigenvalue weighted by Gasteiger charge is 2.44. The number of aryl methyl sites for hydroxylation is 1. The minimum atomic E-state index is -4.44. The van der Waals surface area contributed by atoms with Crippen LogP contribution in [-0.4, -0.2) is 24.5 Å². The van der Waals surface area contributed by atoms with Crippen molar-refractivity contribution in [3.63, 3.8) is 0 Å². The summed E-state index contributed by atoms with van der Waals surface area (Å²) < 4.78 is 33.3. The minimum absolute atomic E-state index is 0.0375. The number of benzene rings is 2. The van der Waals surface area contributed by atoms with Crippen molar-refractivity contribution in [3.8, 4) is 0 Å². The van der Waals surface area contributed by atoms with Crippen LogP contribution in [0.4, 0.5) is 0 Å². The molecule has 2 aromatic carbocycles. The molecule has 5 nitrogen and oxygen atoms in total. The molecule has 0 bridgehead atoms. The number of hydrogen-bond donors (Lipinski definition) is 0. The standard InChI is InChI=1S/C15H10ClNO4S/c1-9-6-7-10(16)8-13(9)22(20,21)17-14(18)11-4-2-3-5-12(11)15(17)19/h2-8H,1H3/i1T. The van der Waals surface area contributed by atoms with Gasteiger partial charge in [-0.25, -0.2) is 8.42 Å². The first kappa shape index (κ1) is 13.5. The number of imide groups is 1. The zero-order valence-corrected chi connectivity index (χ0v) is 12.7. The molecule has 0 aromatic heterocycles. The Morgan fingerprint density at radius 2 is 1.64 bits per heavy atom. The minimum Gasteiger partial charge on any atom is -0.267 e. The molecule has 1 aliphatic rings. The van der Waals surface area contributed by atoms with E-state index in [1.807, 2.05) is 0 Å². The molecule has 0 saturated carbocycles. The predicted molar refractivity (Wildman–Crippen MR) is 80.3 cm³/mol. The lowest BCUT2D eigenvalue weighted by atomic mass is 10.1. The van der Waals surface area contributed by atoms with Gasteiger partial charge in [-0.3, -0.25) is 9.59 Å². The molecule has 0 saturated heterocycles. The summed E-state index contributed by atoms with van der Waals surface area (Å²) in [4.78, 5) is 24.4. The normalized spacial score (nSPS) is 15.0. The van der Waals surface area contributed by atoms with Crippen LogP contribution < -0.4 is 0 Å². The van der Waals surface area contributed by atoms with Crippen molar-refractivity contribution < 1.29 is 19.4 Å². The van der Waals surface area contributed by atoms with Crippen LogP contribution >= 0.6 is 11.6 Å². The van der Waals surface area contributed by atoms with Crippen molar-refractivity contribution in [1.29, 1.82) is 0 Å². The Labute approximate surface area is 133 Å². The second-order valence-corrected chi connectivity index (χ2v) is 6.87. The van der Waals surface area contributed by atoms with E-state index in [0.717, 1.165) is 6.07 Å². The van der Waals surface area contributed by atoms with Crippen molar-refractivity contribution >= 4 is 33.4 Å². The Kier molecular flexibility index (Phi) is 3.02. The maximum absolute atomic E-state index is 12.8.